The highest BCUT2D eigenvalue weighted by atomic mass is 19.1. The quantitative estimate of drug-likeness (QED) is 0.768. The lowest BCUT2D eigenvalue weighted by Crippen LogP contribution is -2.26. The molecule has 4 rings (SSSR count). The Morgan fingerprint density at radius 1 is 1.25 bits per heavy atom. The highest BCUT2D eigenvalue weighted by Crippen LogP contribution is 2.32. The lowest BCUT2D eigenvalue weighted by molar-refractivity contribution is 0.0951. The maximum atomic E-state index is 14.9. The van der Waals surface area contributed by atoms with Crippen molar-refractivity contribution in [2.24, 2.45) is 0 Å². The normalized spacial score (nSPS) is 14.1. The molecular formula is C19H18FN3O. The van der Waals surface area contributed by atoms with Gasteiger partial charge in [-0.15, -0.1) is 0 Å². The van der Waals surface area contributed by atoms with Crippen molar-refractivity contribution in [1.29, 1.82) is 0 Å². The molecule has 122 valence electrons. The van der Waals surface area contributed by atoms with Crippen molar-refractivity contribution in [3.05, 3.63) is 53.0 Å². The Hall–Kier alpha value is -2.69. The molecule has 0 spiro atoms. The highest BCUT2D eigenvalue weighted by Gasteiger charge is 2.26. The van der Waals surface area contributed by atoms with E-state index in [1.165, 1.54) is 0 Å². The summed E-state index contributed by atoms with van der Waals surface area (Å²) >= 11 is 0. The maximum absolute atomic E-state index is 14.9. The Kier molecular flexibility index (Phi) is 3.37. The summed E-state index contributed by atoms with van der Waals surface area (Å²) in [6.07, 6.45) is 1.99. The zero-order valence-corrected chi connectivity index (χ0v) is 13.6. The first-order chi connectivity index (χ1) is 11.5. The Morgan fingerprint density at radius 2 is 2.04 bits per heavy atom. The molecule has 1 amide bonds. The number of hydrogen-bond acceptors (Lipinski definition) is 2. The average Bonchev–Trinajstić information content (AvgIpc) is 3.31. The topological polar surface area (TPSA) is 57.8 Å². The number of amides is 1. The van der Waals surface area contributed by atoms with Crippen LogP contribution in [-0.4, -0.2) is 22.1 Å². The van der Waals surface area contributed by atoms with Crippen LogP contribution in [0.4, 0.5) is 4.39 Å². The fourth-order valence-corrected chi connectivity index (χ4v) is 2.94. The number of carbonyl (C=O) groups excluding carboxylic acids is 1. The number of benzene rings is 2. The van der Waals surface area contributed by atoms with Crippen molar-refractivity contribution in [3.8, 4) is 11.1 Å². The summed E-state index contributed by atoms with van der Waals surface area (Å²) < 4.78 is 14.9. The first-order valence-corrected chi connectivity index (χ1v) is 8.09. The molecule has 0 radical (unpaired) electrons. The number of aromatic amines is 1. The summed E-state index contributed by atoms with van der Waals surface area (Å²) in [7, 11) is 0. The van der Waals surface area contributed by atoms with Gasteiger partial charge in [-0.1, -0.05) is 12.1 Å². The van der Waals surface area contributed by atoms with Gasteiger partial charge in [0.2, 0.25) is 0 Å². The minimum absolute atomic E-state index is 0.213. The zero-order valence-electron chi connectivity index (χ0n) is 13.6. The second-order valence-corrected chi connectivity index (χ2v) is 6.45. The van der Waals surface area contributed by atoms with Crippen LogP contribution in [0.3, 0.4) is 0 Å². The SMILES string of the molecule is Cc1ccc(C(=O)NC2CC2)c(-c2ccc3n[nH]c(C)c3c2)c1F. The van der Waals surface area contributed by atoms with Gasteiger partial charge in [0.25, 0.3) is 5.91 Å². The van der Waals surface area contributed by atoms with Crippen LogP contribution in [-0.2, 0) is 0 Å². The molecule has 1 heterocycles. The third-order valence-corrected chi connectivity index (χ3v) is 4.53. The van der Waals surface area contributed by atoms with Gasteiger partial charge in [-0.2, -0.15) is 5.10 Å². The van der Waals surface area contributed by atoms with E-state index in [-0.39, 0.29) is 17.8 Å². The van der Waals surface area contributed by atoms with Crippen molar-refractivity contribution in [2.75, 3.05) is 0 Å². The van der Waals surface area contributed by atoms with Crippen molar-refractivity contribution in [2.45, 2.75) is 32.7 Å². The van der Waals surface area contributed by atoms with E-state index in [0.29, 0.717) is 22.3 Å². The molecule has 2 aromatic carbocycles. The number of hydrogen-bond donors (Lipinski definition) is 2. The van der Waals surface area contributed by atoms with Crippen LogP contribution in [0.2, 0.25) is 0 Å². The summed E-state index contributed by atoms with van der Waals surface area (Å²) in [5, 5.41) is 11.0. The van der Waals surface area contributed by atoms with E-state index in [0.717, 1.165) is 29.4 Å². The lowest BCUT2D eigenvalue weighted by atomic mass is 9.95. The van der Waals surface area contributed by atoms with Gasteiger partial charge < -0.3 is 5.32 Å². The third-order valence-electron chi connectivity index (χ3n) is 4.53. The minimum atomic E-state index is -0.348. The van der Waals surface area contributed by atoms with Crippen LogP contribution in [0.5, 0.6) is 0 Å². The summed E-state index contributed by atoms with van der Waals surface area (Å²) in [6.45, 7) is 3.63. The number of H-pyrrole nitrogens is 1. The number of rotatable bonds is 3. The van der Waals surface area contributed by atoms with E-state index in [2.05, 4.69) is 15.5 Å². The van der Waals surface area contributed by atoms with Gasteiger partial charge in [0, 0.05) is 22.7 Å². The van der Waals surface area contributed by atoms with Crippen molar-refractivity contribution >= 4 is 16.8 Å². The molecule has 1 aliphatic carbocycles. The molecule has 0 bridgehead atoms. The average molecular weight is 323 g/mol. The lowest BCUT2D eigenvalue weighted by Gasteiger charge is -2.13. The van der Waals surface area contributed by atoms with Gasteiger partial charge in [0.05, 0.1) is 11.1 Å². The number of carbonyl (C=O) groups is 1. The van der Waals surface area contributed by atoms with Crippen LogP contribution in [0.15, 0.2) is 30.3 Å². The van der Waals surface area contributed by atoms with Crippen LogP contribution >= 0.6 is 0 Å². The molecule has 4 nitrogen and oxygen atoms in total. The summed E-state index contributed by atoms with van der Waals surface area (Å²) in [5.74, 6) is -0.561. The summed E-state index contributed by atoms with van der Waals surface area (Å²) in [6, 6.07) is 9.14. The molecule has 1 aromatic heterocycles. The molecule has 0 atom stereocenters. The molecule has 0 saturated heterocycles. The number of halogens is 1. The molecule has 0 aliphatic heterocycles. The van der Waals surface area contributed by atoms with Crippen LogP contribution in [0.25, 0.3) is 22.0 Å². The van der Waals surface area contributed by atoms with E-state index in [4.69, 9.17) is 0 Å². The monoisotopic (exact) mass is 323 g/mol. The molecule has 2 N–H and O–H groups in total. The molecule has 1 saturated carbocycles. The smallest absolute Gasteiger partial charge is 0.252 e. The maximum Gasteiger partial charge on any atom is 0.252 e. The van der Waals surface area contributed by atoms with E-state index < -0.39 is 0 Å². The van der Waals surface area contributed by atoms with Gasteiger partial charge in [-0.25, -0.2) is 4.39 Å². The first-order valence-electron chi connectivity index (χ1n) is 8.09. The number of aryl methyl sites for hydroxylation is 2. The predicted molar refractivity (Wildman–Crippen MR) is 91.4 cm³/mol. The zero-order chi connectivity index (χ0) is 16.8. The molecule has 0 unspecified atom stereocenters. The van der Waals surface area contributed by atoms with E-state index >= 15 is 0 Å². The van der Waals surface area contributed by atoms with Crippen molar-refractivity contribution < 1.29 is 9.18 Å². The Balaban J connectivity index is 1.88. The molecule has 3 aromatic rings. The second kappa shape index (κ2) is 5.44. The van der Waals surface area contributed by atoms with Crippen molar-refractivity contribution in [3.63, 3.8) is 0 Å². The van der Waals surface area contributed by atoms with Gasteiger partial charge >= 0.3 is 0 Å². The molecule has 1 fully saturated rings. The van der Waals surface area contributed by atoms with Crippen LogP contribution in [0.1, 0.15) is 34.5 Å². The number of aromatic nitrogens is 2. The fourth-order valence-electron chi connectivity index (χ4n) is 2.94. The second-order valence-electron chi connectivity index (χ2n) is 6.45. The Morgan fingerprint density at radius 3 is 2.79 bits per heavy atom. The van der Waals surface area contributed by atoms with Gasteiger partial charge in [-0.3, -0.25) is 9.89 Å². The molecule has 24 heavy (non-hydrogen) atoms. The number of fused-ring (bicyclic) bond motifs is 1. The van der Waals surface area contributed by atoms with E-state index in [9.17, 15) is 9.18 Å². The summed E-state index contributed by atoms with van der Waals surface area (Å²) in [4.78, 5) is 12.5. The molecule has 5 heteroatoms. The largest absolute Gasteiger partial charge is 0.349 e. The Labute approximate surface area is 139 Å². The Bertz CT molecular complexity index is 957. The fraction of sp³-hybridized carbons (Fsp3) is 0.263. The van der Waals surface area contributed by atoms with Crippen LogP contribution in [0, 0.1) is 19.7 Å². The molecular weight excluding hydrogens is 305 g/mol. The summed E-state index contributed by atoms with van der Waals surface area (Å²) in [5.41, 5.74) is 3.70. The van der Waals surface area contributed by atoms with E-state index in [1.54, 1.807) is 19.1 Å². The molecule has 1 aliphatic rings. The third kappa shape index (κ3) is 2.46. The van der Waals surface area contributed by atoms with Gasteiger partial charge in [0.1, 0.15) is 5.82 Å². The van der Waals surface area contributed by atoms with Crippen LogP contribution < -0.4 is 5.32 Å². The minimum Gasteiger partial charge on any atom is -0.349 e. The van der Waals surface area contributed by atoms with E-state index in [1.807, 2.05) is 25.1 Å². The first kappa shape index (κ1) is 14.9. The number of nitrogens with zero attached hydrogens (tertiary/aromatic N) is 1. The standard InChI is InChI=1S/C19H18FN3O/c1-10-3-7-14(19(24)21-13-5-6-13)17(18(10)20)12-4-8-16-15(9-12)11(2)22-23-16/h3-4,7-9,13H,5-6H2,1-2H3,(H,21,24)(H,22,23). The van der Waals surface area contributed by atoms with Gasteiger partial charge in [-0.05, 0) is 56.0 Å². The van der Waals surface area contributed by atoms with Gasteiger partial charge in [0.15, 0.2) is 0 Å². The number of nitrogens with one attached hydrogen (secondary N) is 2. The predicted octanol–water partition coefficient (Wildman–Crippen LogP) is 3.88. The highest BCUT2D eigenvalue weighted by molar-refractivity contribution is 6.02. The van der Waals surface area contributed by atoms with Crippen molar-refractivity contribution in [1.82, 2.24) is 15.5 Å².